The van der Waals surface area contributed by atoms with Crippen molar-refractivity contribution in [2.45, 2.75) is 110 Å². The second kappa shape index (κ2) is 19.4. The first kappa shape index (κ1) is 24.1. The minimum absolute atomic E-state index is 0.298. The molecule has 0 aromatic heterocycles. The van der Waals surface area contributed by atoms with E-state index in [4.69, 9.17) is 9.84 Å². The average molecular weight is 357 g/mol. The predicted octanol–water partition coefficient (Wildman–Crippen LogP) is 5.35. The number of ketones is 1. The fourth-order valence-electron chi connectivity index (χ4n) is 2.92. The highest BCUT2D eigenvalue weighted by Crippen LogP contribution is 2.13. The highest BCUT2D eigenvalue weighted by Gasteiger charge is 2.06. The van der Waals surface area contributed by atoms with E-state index in [1.807, 2.05) is 0 Å². The molecular weight excluding hydrogens is 316 g/mol. The van der Waals surface area contributed by atoms with Crippen molar-refractivity contribution < 1.29 is 19.4 Å². The fourth-order valence-corrected chi connectivity index (χ4v) is 2.92. The second-order valence-electron chi connectivity index (χ2n) is 7.06. The van der Waals surface area contributed by atoms with E-state index < -0.39 is 12.4 Å². The lowest BCUT2D eigenvalue weighted by atomic mass is 10.0. The molecule has 0 aliphatic heterocycles. The van der Waals surface area contributed by atoms with Gasteiger partial charge in [0, 0.05) is 6.42 Å². The Labute approximate surface area is 154 Å². The van der Waals surface area contributed by atoms with Crippen molar-refractivity contribution in [2.75, 3.05) is 13.2 Å². The number of carbonyl (C=O) groups excluding carboxylic acids is 2. The maximum Gasteiger partial charge on any atom is 0.306 e. The van der Waals surface area contributed by atoms with E-state index in [0.29, 0.717) is 6.42 Å². The Kier molecular flexibility index (Phi) is 18.7. The quantitative estimate of drug-likeness (QED) is 0.250. The molecule has 0 rings (SSSR count). The van der Waals surface area contributed by atoms with Gasteiger partial charge in [-0.15, -0.1) is 0 Å². The minimum atomic E-state index is -0.563. The van der Waals surface area contributed by atoms with Crippen LogP contribution >= 0.6 is 0 Å². The molecule has 0 spiro atoms. The molecule has 0 aromatic rings. The highest BCUT2D eigenvalue weighted by molar-refractivity contribution is 5.83. The number of hydrogen-bond acceptors (Lipinski definition) is 4. The number of esters is 1. The third-order valence-corrected chi connectivity index (χ3v) is 4.55. The topological polar surface area (TPSA) is 63.6 Å². The van der Waals surface area contributed by atoms with Gasteiger partial charge < -0.3 is 9.84 Å². The summed E-state index contributed by atoms with van der Waals surface area (Å²) in [4.78, 5) is 22.1. The third kappa shape index (κ3) is 19.3. The molecule has 0 unspecified atom stereocenters. The molecule has 1 N–H and O–H groups in total. The van der Waals surface area contributed by atoms with Gasteiger partial charge in [0.25, 0.3) is 0 Å². The normalized spacial score (nSPS) is 10.8. The summed E-state index contributed by atoms with van der Waals surface area (Å²) in [6.07, 6.45) is 19.8. The molecule has 0 aliphatic carbocycles. The predicted molar refractivity (Wildman–Crippen MR) is 103 cm³/mol. The third-order valence-electron chi connectivity index (χ3n) is 4.55. The lowest BCUT2D eigenvalue weighted by Gasteiger charge is -2.04. The van der Waals surface area contributed by atoms with E-state index in [2.05, 4.69) is 6.92 Å². The second-order valence-corrected chi connectivity index (χ2v) is 7.06. The van der Waals surface area contributed by atoms with E-state index >= 15 is 0 Å². The Morgan fingerprint density at radius 1 is 0.680 bits per heavy atom. The van der Waals surface area contributed by atoms with E-state index in [1.54, 1.807) is 0 Å². The van der Waals surface area contributed by atoms with Crippen molar-refractivity contribution in [1.29, 1.82) is 0 Å². The van der Waals surface area contributed by atoms with Crippen LogP contribution in [0.1, 0.15) is 110 Å². The SMILES string of the molecule is CCCCCCCCCCCCCCCCCC(=O)OCC(=O)CO. The van der Waals surface area contributed by atoms with Gasteiger partial charge in [-0.2, -0.15) is 0 Å². The summed E-state index contributed by atoms with van der Waals surface area (Å²) in [5, 5.41) is 8.52. The Morgan fingerprint density at radius 2 is 1.08 bits per heavy atom. The van der Waals surface area contributed by atoms with Crippen LogP contribution < -0.4 is 0 Å². The van der Waals surface area contributed by atoms with Gasteiger partial charge in [0.05, 0.1) is 0 Å². The number of Topliss-reactive ketones (excluding diaryl/α,β-unsaturated/α-hetero) is 1. The van der Waals surface area contributed by atoms with Crippen LogP contribution in [0.15, 0.2) is 0 Å². The van der Waals surface area contributed by atoms with Gasteiger partial charge in [0.1, 0.15) is 6.61 Å². The first-order chi connectivity index (χ1) is 12.2. The Morgan fingerprint density at radius 3 is 1.48 bits per heavy atom. The molecule has 4 nitrogen and oxygen atoms in total. The van der Waals surface area contributed by atoms with Gasteiger partial charge in [0.2, 0.25) is 0 Å². The first-order valence-corrected chi connectivity index (χ1v) is 10.5. The summed E-state index contributed by atoms with van der Waals surface area (Å²) in [5.74, 6) is -0.790. The van der Waals surface area contributed by atoms with Gasteiger partial charge in [0.15, 0.2) is 12.4 Å². The summed E-state index contributed by atoms with van der Waals surface area (Å²) in [7, 11) is 0. The lowest BCUT2D eigenvalue weighted by molar-refractivity contribution is -0.148. The Hall–Kier alpha value is -0.900. The summed E-state index contributed by atoms with van der Waals surface area (Å²) < 4.78 is 4.77. The molecule has 0 radical (unpaired) electrons. The van der Waals surface area contributed by atoms with E-state index in [9.17, 15) is 9.59 Å². The number of ether oxygens (including phenoxy) is 1. The molecule has 0 bridgehead atoms. The monoisotopic (exact) mass is 356 g/mol. The minimum Gasteiger partial charge on any atom is -0.458 e. The van der Waals surface area contributed by atoms with E-state index in [0.717, 1.165) is 12.8 Å². The maximum absolute atomic E-state index is 11.3. The van der Waals surface area contributed by atoms with Crippen LogP contribution in [-0.4, -0.2) is 30.1 Å². The smallest absolute Gasteiger partial charge is 0.306 e. The largest absolute Gasteiger partial charge is 0.458 e. The van der Waals surface area contributed by atoms with Gasteiger partial charge in [-0.1, -0.05) is 96.8 Å². The highest BCUT2D eigenvalue weighted by atomic mass is 16.5. The Balaban J connectivity index is 3.14. The maximum atomic E-state index is 11.3. The number of rotatable bonds is 19. The summed E-state index contributed by atoms with van der Waals surface area (Å²) in [6, 6.07) is 0. The van der Waals surface area contributed by atoms with Crippen LogP contribution in [0, 0.1) is 0 Å². The van der Waals surface area contributed by atoms with Gasteiger partial charge in [-0.05, 0) is 6.42 Å². The fraction of sp³-hybridized carbons (Fsp3) is 0.905. The summed E-state index contributed by atoms with van der Waals surface area (Å²) in [6.45, 7) is 1.40. The number of unbranched alkanes of at least 4 members (excludes halogenated alkanes) is 14. The van der Waals surface area contributed by atoms with Crippen LogP contribution in [0.3, 0.4) is 0 Å². The average Bonchev–Trinajstić information content (AvgIpc) is 2.62. The van der Waals surface area contributed by atoms with Crippen molar-refractivity contribution in [3.63, 3.8) is 0 Å². The van der Waals surface area contributed by atoms with Gasteiger partial charge in [-0.25, -0.2) is 0 Å². The molecule has 25 heavy (non-hydrogen) atoms. The molecule has 0 amide bonds. The molecule has 0 atom stereocenters. The van der Waals surface area contributed by atoms with Crippen molar-refractivity contribution in [2.24, 2.45) is 0 Å². The molecule has 0 fully saturated rings. The van der Waals surface area contributed by atoms with Crippen molar-refractivity contribution in [1.82, 2.24) is 0 Å². The number of aliphatic hydroxyl groups is 1. The van der Waals surface area contributed by atoms with Crippen molar-refractivity contribution >= 4 is 11.8 Å². The number of aliphatic hydroxyl groups excluding tert-OH is 1. The number of hydrogen-bond donors (Lipinski definition) is 1. The molecule has 4 heteroatoms. The van der Waals surface area contributed by atoms with E-state index in [1.165, 1.54) is 83.5 Å². The molecule has 148 valence electrons. The van der Waals surface area contributed by atoms with Crippen molar-refractivity contribution in [3.05, 3.63) is 0 Å². The van der Waals surface area contributed by atoms with Crippen LogP contribution in [0.2, 0.25) is 0 Å². The molecule has 0 saturated heterocycles. The summed E-state index contributed by atoms with van der Waals surface area (Å²) in [5.41, 5.74) is 0. The Bertz CT molecular complexity index is 315. The first-order valence-electron chi connectivity index (χ1n) is 10.5. The van der Waals surface area contributed by atoms with Gasteiger partial charge in [-0.3, -0.25) is 9.59 Å². The molecular formula is C21H40O4. The summed E-state index contributed by atoms with van der Waals surface area (Å²) >= 11 is 0. The zero-order chi connectivity index (χ0) is 18.6. The lowest BCUT2D eigenvalue weighted by Crippen LogP contribution is -2.16. The number of carbonyl (C=O) groups is 2. The zero-order valence-corrected chi connectivity index (χ0v) is 16.4. The van der Waals surface area contributed by atoms with Crippen LogP contribution in [-0.2, 0) is 14.3 Å². The van der Waals surface area contributed by atoms with E-state index in [-0.39, 0.29) is 12.6 Å². The molecule has 0 heterocycles. The zero-order valence-electron chi connectivity index (χ0n) is 16.4. The van der Waals surface area contributed by atoms with Crippen LogP contribution in [0.25, 0.3) is 0 Å². The molecule has 0 aliphatic rings. The van der Waals surface area contributed by atoms with Crippen LogP contribution in [0.5, 0.6) is 0 Å². The molecule has 0 aromatic carbocycles. The van der Waals surface area contributed by atoms with Crippen LogP contribution in [0.4, 0.5) is 0 Å². The van der Waals surface area contributed by atoms with Crippen molar-refractivity contribution in [3.8, 4) is 0 Å². The van der Waals surface area contributed by atoms with Gasteiger partial charge >= 0.3 is 5.97 Å². The standard InChI is InChI=1S/C21H40O4/c1-2-3-4-5-6-7-8-9-10-11-12-13-14-15-16-17-21(24)25-19-20(23)18-22/h22H,2-19H2,1H3. The molecule has 0 saturated carbocycles.